The van der Waals surface area contributed by atoms with Crippen LogP contribution in [0.1, 0.15) is 17.5 Å². The van der Waals surface area contributed by atoms with Crippen molar-refractivity contribution in [1.82, 2.24) is 5.43 Å². The second-order valence-corrected chi connectivity index (χ2v) is 9.28. The number of nitrogens with zero attached hydrogens (tertiary/aromatic N) is 1. The topological polar surface area (TPSA) is 79.8 Å². The third-order valence-electron chi connectivity index (χ3n) is 4.21. The number of nitrogens with one attached hydrogen (secondary N) is 2. The number of hydrazone groups is 1. The first kappa shape index (κ1) is 25.2. The van der Waals surface area contributed by atoms with E-state index in [0.717, 1.165) is 20.1 Å². The Bertz CT molecular complexity index is 1190. The van der Waals surface area contributed by atoms with E-state index >= 15 is 0 Å². The number of hydrogen-bond donors (Lipinski definition) is 2. The molecule has 10 heteroatoms. The highest BCUT2D eigenvalue weighted by molar-refractivity contribution is 9.10. The van der Waals surface area contributed by atoms with Crippen LogP contribution in [-0.4, -0.2) is 18.0 Å². The predicted octanol–water partition coefficient (Wildman–Crippen LogP) is 6.58. The van der Waals surface area contributed by atoms with Crippen molar-refractivity contribution in [3.8, 4) is 5.75 Å². The Morgan fingerprint density at radius 3 is 2.48 bits per heavy atom. The Morgan fingerprint density at radius 2 is 1.76 bits per heavy atom. The molecule has 0 radical (unpaired) electrons. The van der Waals surface area contributed by atoms with Crippen molar-refractivity contribution in [2.75, 3.05) is 5.32 Å². The molecule has 0 bridgehead atoms. The molecule has 0 atom stereocenters. The van der Waals surface area contributed by atoms with Gasteiger partial charge in [0.2, 0.25) is 11.8 Å². The van der Waals surface area contributed by atoms with Crippen molar-refractivity contribution in [2.45, 2.75) is 13.0 Å². The highest BCUT2D eigenvalue weighted by atomic mass is 79.9. The Morgan fingerprint density at radius 1 is 1.00 bits per heavy atom. The summed E-state index contributed by atoms with van der Waals surface area (Å²) < 4.78 is 7.58. The van der Waals surface area contributed by atoms with Crippen LogP contribution in [0.2, 0.25) is 10.0 Å². The van der Waals surface area contributed by atoms with Gasteiger partial charge in [-0.2, -0.15) is 5.10 Å². The van der Waals surface area contributed by atoms with Crippen LogP contribution in [0, 0.1) is 0 Å². The second-order valence-electron chi connectivity index (χ2n) is 6.72. The average Bonchev–Trinajstić information content (AvgIpc) is 2.77. The van der Waals surface area contributed by atoms with E-state index in [9.17, 15) is 9.59 Å². The molecule has 3 rings (SSSR count). The molecular formula is C23H17Br2Cl2N3O3. The van der Waals surface area contributed by atoms with Crippen molar-refractivity contribution in [1.29, 1.82) is 0 Å². The van der Waals surface area contributed by atoms with E-state index in [1.165, 1.54) is 6.21 Å². The first-order chi connectivity index (χ1) is 15.8. The standard InChI is InChI=1S/C23H17Br2Cl2N3O3/c24-16-7-4-14(5-8-16)13-33-20-9-6-15(10-17(20)25)12-28-30-22(32)11-21(31)29-19-3-1-2-18(26)23(19)27/h1-10,12H,11,13H2,(H,29,31)(H,30,32). The van der Waals surface area contributed by atoms with Crippen molar-refractivity contribution >= 4 is 78.8 Å². The first-order valence-electron chi connectivity index (χ1n) is 9.54. The van der Waals surface area contributed by atoms with Gasteiger partial charge in [0.05, 0.1) is 26.4 Å². The molecule has 0 fully saturated rings. The van der Waals surface area contributed by atoms with Gasteiger partial charge in [0.1, 0.15) is 18.8 Å². The van der Waals surface area contributed by atoms with Crippen molar-refractivity contribution < 1.29 is 14.3 Å². The van der Waals surface area contributed by atoms with Crippen LogP contribution < -0.4 is 15.5 Å². The number of carbonyl (C=O) groups is 2. The van der Waals surface area contributed by atoms with Crippen LogP contribution in [0.3, 0.4) is 0 Å². The Labute approximate surface area is 217 Å². The van der Waals surface area contributed by atoms with E-state index in [1.807, 2.05) is 24.3 Å². The SMILES string of the molecule is O=C(CC(=O)Nc1cccc(Cl)c1Cl)NN=Cc1ccc(OCc2ccc(Br)cc2)c(Br)c1. The van der Waals surface area contributed by atoms with Gasteiger partial charge < -0.3 is 10.1 Å². The smallest absolute Gasteiger partial charge is 0.249 e. The molecule has 3 aromatic rings. The summed E-state index contributed by atoms with van der Waals surface area (Å²) >= 11 is 18.8. The molecule has 6 nitrogen and oxygen atoms in total. The molecule has 0 unspecified atom stereocenters. The molecule has 0 saturated carbocycles. The molecule has 2 amide bonds. The Kier molecular flexibility index (Phi) is 9.31. The first-order valence-corrected chi connectivity index (χ1v) is 11.9. The molecule has 2 N–H and O–H groups in total. The van der Waals surface area contributed by atoms with Crippen LogP contribution in [0.5, 0.6) is 5.75 Å². The summed E-state index contributed by atoms with van der Waals surface area (Å²) in [5.74, 6) is -0.437. The molecule has 33 heavy (non-hydrogen) atoms. The maximum atomic E-state index is 12.0. The number of anilines is 1. The lowest BCUT2D eigenvalue weighted by Gasteiger charge is -2.09. The number of hydrogen-bond acceptors (Lipinski definition) is 4. The molecule has 0 heterocycles. The van der Waals surface area contributed by atoms with Gasteiger partial charge in [-0.3, -0.25) is 9.59 Å². The molecule has 0 aliphatic heterocycles. The van der Waals surface area contributed by atoms with E-state index in [0.29, 0.717) is 23.1 Å². The molecule has 0 aliphatic rings. The fraction of sp³-hybridized carbons (Fsp3) is 0.0870. The van der Waals surface area contributed by atoms with Crippen LogP contribution >= 0.6 is 55.1 Å². The summed E-state index contributed by atoms with van der Waals surface area (Å²) in [7, 11) is 0. The minimum atomic E-state index is -0.574. The van der Waals surface area contributed by atoms with E-state index < -0.39 is 18.2 Å². The maximum absolute atomic E-state index is 12.0. The van der Waals surface area contributed by atoms with Gasteiger partial charge in [-0.05, 0) is 69.5 Å². The van der Waals surface area contributed by atoms with Crippen molar-refractivity contribution in [3.05, 3.63) is 90.8 Å². The number of benzene rings is 3. The number of rotatable bonds is 8. The fourth-order valence-corrected chi connectivity index (χ4v) is 3.74. The Balaban J connectivity index is 1.48. The number of carbonyl (C=O) groups excluding carboxylic acids is 2. The highest BCUT2D eigenvalue weighted by Gasteiger charge is 2.12. The summed E-state index contributed by atoms with van der Waals surface area (Å²) in [6.07, 6.45) is 1.04. The number of amides is 2. The summed E-state index contributed by atoms with van der Waals surface area (Å²) in [5, 5.41) is 6.94. The number of ether oxygens (including phenoxy) is 1. The van der Waals surface area contributed by atoms with Crippen LogP contribution in [0.4, 0.5) is 5.69 Å². The summed E-state index contributed by atoms with van der Waals surface area (Å²) in [6, 6.07) is 18.1. The minimum absolute atomic E-state index is 0.209. The molecule has 0 aromatic heterocycles. The average molecular weight is 614 g/mol. The molecule has 0 saturated heterocycles. The maximum Gasteiger partial charge on any atom is 0.249 e. The lowest BCUT2D eigenvalue weighted by molar-refractivity contribution is -0.126. The second kappa shape index (κ2) is 12.2. The quantitative estimate of drug-likeness (QED) is 0.171. The molecule has 170 valence electrons. The fourth-order valence-electron chi connectivity index (χ4n) is 2.62. The normalized spacial score (nSPS) is 10.8. The lowest BCUT2D eigenvalue weighted by Crippen LogP contribution is -2.24. The Hall–Kier alpha value is -2.39. The molecule has 3 aromatic carbocycles. The van der Waals surface area contributed by atoms with Gasteiger partial charge in [-0.1, -0.05) is 57.3 Å². The summed E-state index contributed by atoms with van der Waals surface area (Å²) in [6.45, 7) is 0.428. The van der Waals surface area contributed by atoms with Crippen LogP contribution in [0.25, 0.3) is 0 Å². The van der Waals surface area contributed by atoms with Gasteiger partial charge in [0.15, 0.2) is 0 Å². The zero-order valence-electron chi connectivity index (χ0n) is 16.9. The minimum Gasteiger partial charge on any atom is -0.488 e. The van der Waals surface area contributed by atoms with Gasteiger partial charge >= 0.3 is 0 Å². The highest BCUT2D eigenvalue weighted by Crippen LogP contribution is 2.29. The van der Waals surface area contributed by atoms with Gasteiger partial charge in [0, 0.05) is 4.47 Å². The van der Waals surface area contributed by atoms with Crippen LogP contribution in [-0.2, 0) is 16.2 Å². The molecule has 0 aliphatic carbocycles. The largest absolute Gasteiger partial charge is 0.488 e. The predicted molar refractivity (Wildman–Crippen MR) is 138 cm³/mol. The zero-order chi connectivity index (χ0) is 23.8. The zero-order valence-corrected chi connectivity index (χ0v) is 21.6. The summed E-state index contributed by atoms with van der Waals surface area (Å²) in [4.78, 5) is 24.0. The van der Waals surface area contributed by atoms with E-state index in [2.05, 4.69) is 47.7 Å². The molecule has 0 spiro atoms. The van der Waals surface area contributed by atoms with E-state index in [-0.39, 0.29) is 5.02 Å². The van der Waals surface area contributed by atoms with E-state index in [1.54, 1.807) is 36.4 Å². The van der Waals surface area contributed by atoms with Gasteiger partial charge in [0.25, 0.3) is 0 Å². The van der Waals surface area contributed by atoms with E-state index in [4.69, 9.17) is 27.9 Å². The van der Waals surface area contributed by atoms with Crippen molar-refractivity contribution in [2.24, 2.45) is 5.10 Å². The van der Waals surface area contributed by atoms with Crippen molar-refractivity contribution in [3.63, 3.8) is 0 Å². The van der Waals surface area contributed by atoms with Gasteiger partial charge in [-0.15, -0.1) is 0 Å². The lowest BCUT2D eigenvalue weighted by atomic mass is 10.2. The van der Waals surface area contributed by atoms with Crippen LogP contribution in [0.15, 0.2) is 74.7 Å². The van der Waals surface area contributed by atoms with Gasteiger partial charge in [-0.25, -0.2) is 5.43 Å². The molecular weight excluding hydrogens is 597 g/mol. The monoisotopic (exact) mass is 611 g/mol. The third-order valence-corrected chi connectivity index (χ3v) is 6.18. The number of halogens is 4. The summed E-state index contributed by atoms with van der Waals surface area (Å²) in [5.41, 5.74) is 4.42. The third kappa shape index (κ3) is 7.85.